The lowest BCUT2D eigenvalue weighted by atomic mass is 10.1. The summed E-state index contributed by atoms with van der Waals surface area (Å²) in [5, 5.41) is 22.4. The molecule has 1 aromatic carbocycles. The summed E-state index contributed by atoms with van der Waals surface area (Å²) in [6.45, 7) is 2.57. The fourth-order valence-corrected chi connectivity index (χ4v) is 2.30. The molecule has 3 N–H and O–H groups in total. The van der Waals surface area contributed by atoms with E-state index in [1.54, 1.807) is 4.90 Å². The monoisotopic (exact) mass is 296 g/mol. The summed E-state index contributed by atoms with van der Waals surface area (Å²) >= 11 is 0. The number of anilines is 2. The fourth-order valence-electron chi connectivity index (χ4n) is 2.30. The number of rotatable bonds is 4. The Labute approximate surface area is 120 Å². The van der Waals surface area contributed by atoms with Gasteiger partial charge in [-0.25, -0.2) is 0 Å². The van der Waals surface area contributed by atoms with Gasteiger partial charge in [-0.2, -0.15) is 0 Å². The first kappa shape index (κ1) is 14.9. The van der Waals surface area contributed by atoms with E-state index in [4.69, 9.17) is 5.84 Å². The molecular formula is C11H16N6O4. The van der Waals surface area contributed by atoms with Gasteiger partial charge in [0, 0.05) is 32.2 Å². The maximum Gasteiger partial charge on any atom is 0.369 e. The van der Waals surface area contributed by atoms with Crippen LogP contribution in [0.15, 0.2) is 12.1 Å². The van der Waals surface area contributed by atoms with Crippen LogP contribution in [0.25, 0.3) is 0 Å². The molecule has 0 bridgehead atoms. The standard InChI is InChI=1S/C11H16N6O4/c1-14-2-4-15(5-3-14)9-6-8(13-12)7-10(16(18)19)11(9)17(20)21/h6-7,13H,2-5,12H2,1H3. The van der Waals surface area contributed by atoms with E-state index in [2.05, 4.69) is 10.3 Å². The van der Waals surface area contributed by atoms with Gasteiger partial charge in [0.1, 0.15) is 5.69 Å². The molecule has 114 valence electrons. The van der Waals surface area contributed by atoms with Crippen LogP contribution in [-0.2, 0) is 0 Å². The van der Waals surface area contributed by atoms with Crippen LogP contribution in [-0.4, -0.2) is 48.0 Å². The van der Waals surface area contributed by atoms with E-state index in [9.17, 15) is 20.2 Å². The topological polar surface area (TPSA) is 131 Å². The van der Waals surface area contributed by atoms with Gasteiger partial charge in [0.15, 0.2) is 0 Å². The number of benzene rings is 1. The van der Waals surface area contributed by atoms with Crippen LogP contribution in [0, 0.1) is 20.2 Å². The minimum atomic E-state index is -0.765. The van der Waals surface area contributed by atoms with Crippen molar-refractivity contribution in [1.29, 1.82) is 0 Å². The normalized spacial score (nSPS) is 15.8. The number of hydrogen-bond donors (Lipinski definition) is 2. The van der Waals surface area contributed by atoms with Crippen molar-refractivity contribution in [2.24, 2.45) is 5.84 Å². The van der Waals surface area contributed by atoms with Crippen LogP contribution in [0.4, 0.5) is 22.7 Å². The third-order valence-corrected chi connectivity index (χ3v) is 3.46. The second-order valence-electron chi connectivity index (χ2n) is 4.81. The molecule has 0 spiro atoms. The molecule has 2 rings (SSSR count). The van der Waals surface area contributed by atoms with Crippen LogP contribution in [0.2, 0.25) is 0 Å². The summed E-state index contributed by atoms with van der Waals surface area (Å²) in [7, 11) is 1.95. The summed E-state index contributed by atoms with van der Waals surface area (Å²) in [6, 6.07) is 2.54. The predicted molar refractivity (Wildman–Crippen MR) is 77.3 cm³/mol. The number of nitrogen functional groups attached to an aromatic ring is 1. The van der Waals surface area contributed by atoms with Crippen molar-refractivity contribution in [2.75, 3.05) is 43.6 Å². The maximum absolute atomic E-state index is 11.3. The number of hydrazine groups is 1. The Morgan fingerprint density at radius 2 is 1.76 bits per heavy atom. The lowest BCUT2D eigenvalue weighted by Gasteiger charge is -2.33. The molecule has 1 heterocycles. The first-order valence-electron chi connectivity index (χ1n) is 6.31. The van der Waals surface area contributed by atoms with E-state index < -0.39 is 21.2 Å². The van der Waals surface area contributed by atoms with E-state index in [1.165, 1.54) is 6.07 Å². The number of nitrogens with two attached hydrogens (primary N) is 1. The highest BCUT2D eigenvalue weighted by atomic mass is 16.6. The van der Waals surface area contributed by atoms with Crippen LogP contribution < -0.4 is 16.2 Å². The average Bonchev–Trinajstić information content (AvgIpc) is 2.46. The number of nitro benzene ring substituents is 2. The van der Waals surface area contributed by atoms with Crippen molar-refractivity contribution in [3.63, 3.8) is 0 Å². The molecule has 1 saturated heterocycles. The fraction of sp³-hybridized carbons (Fsp3) is 0.455. The molecule has 1 aliphatic heterocycles. The van der Waals surface area contributed by atoms with Gasteiger partial charge in [0.2, 0.25) is 0 Å². The van der Waals surface area contributed by atoms with Gasteiger partial charge in [-0.05, 0) is 13.1 Å². The molecule has 0 aliphatic carbocycles. The molecular weight excluding hydrogens is 280 g/mol. The summed E-state index contributed by atoms with van der Waals surface area (Å²) in [5.74, 6) is 5.30. The van der Waals surface area contributed by atoms with E-state index in [0.29, 0.717) is 13.1 Å². The number of nitrogens with zero attached hydrogens (tertiary/aromatic N) is 4. The highest BCUT2D eigenvalue weighted by Gasteiger charge is 2.33. The molecule has 10 heteroatoms. The lowest BCUT2D eigenvalue weighted by molar-refractivity contribution is -0.421. The Bertz CT molecular complexity index is 570. The number of hydrogen-bond acceptors (Lipinski definition) is 8. The predicted octanol–water partition coefficient (Wildman–Crippen LogP) is 0.540. The van der Waals surface area contributed by atoms with Gasteiger partial charge in [0.25, 0.3) is 0 Å². The van der Waals surface area contributed by atoms with Gasteiger partial charge in [-0.1, -0.05) is 0 Å². The Morgan fingerprint density at radius 1 is 1.14 bits per heavy atom. The SMILES string of the molecule is CN1CCN(c2cc(NN)cc([N+](=O)[O-])c2[N+](=O)[O-])CC1. The van der Waals surface area contributed by atoms with Crippen molar-refractivity contribution in [1.82, 2.24) is 4.90 Å². The minimum Gasteiger partial charge on any atom is -0.363 e. The molecule has 1 aromatic rings. The lowest BCUT2D eigenvalue weighted by Crippen LogP contribution is -2.44. The molecule has 0 amide bonds. The molecule has 0 unspecified atom stereocenters. The molecule has 0 atom stereocenters. The third kappa shape index (κ3) is 3.01. The smallest absolute Gasteiger partial charge is 0.363 e. The van der Waals surface area contributed by atoms with Crippen molar-refractivity contribution < 1.29 is 9.85 Å². The van der Waals surface area contributed by atoms with E-state index in [1.807, 2.05) is 7.05 Å². The molecule has 0 saturated carbocycles. The zero-order valence-corrected chi connectivity index (χ0v) is 11.5. The largest absolute Gasteiger partial charge is 0.369 e. The van der Waals surface area contributed by atoms with Gasteiger partial charge in [-0.3, -0.25) is 26.1 Å². The Morgan fingerprint density at radius 3 is 2.24 bits per heavy atom. The second kappa shape index (κ2) is 5.89. The van der Waals surface area contributed by atoms with Crippen LogP contribution in [0.3, 0.4) is 0 Å². The van der Waals surface area contributed by atoms with Crippen LogP contribution >= 0.6 is 0 Å². The molecule has 1 aliphatic rings. The molecule has 21 heavy (non-hydrogen) atoms. The summed E-state index contributed by atoms with van der Waals surface area (Å²) < 4.78 is 0. The van der Waals surface area contributed by atoms with E-state index >= 15 is 0 Å². The van der Waals surface area contributed by atoms with E-state index in [0.717, 1.165) is 19.2 Å². The van der Waals surface area contributed by atoms with Gasteiger partial charge in [-0.15, -0.1) is 0 Å². The molecule has 1 fully saturated rings. The van der Waals surface area contributed by atoms with E-state index in [-0.39, 0.29) is 11.4 Å². The van der Waals surface area contributed by atoms with Crippen LogP contribution in [0.1, 0.15) is 0 Å². The molecule has 10 nitrogen and oxygen atoms in total. The highest BCUT2D eigenvalue weighted by molar-refractivity contribution is 5.78. The number of nitro groups is 2. The van der Waals surface area contributed by atoms with Crippen molar-refractivity contribution >= 4 is 22.7 Å². The number of nitrogens with one attached hydrogen (secondary N) is 1. The van der Waals surface area contributed by atoms with Gasteiger partial charge in [0.05, 0.1) is 15.5 Å². The highest BCUT2D eigenvalue weighted by Crippen LogP contribution is 2.40. The molecule has 0 radical (unpaired) electrons. The average molecular weight is 296 g/mol. The minimum absolute atomic E-state index is 0.218. The zero-order valence-electron chi connectivity index (χ0n) is 11.5. The molecule has 0 aromatic heterocycles. The Balaban J connectivity index is 2.53. The Kier molecular flexibility index (Phi) is 4.19. The summed E-state index contributed by atoms with van der Waals surface area (Å²) in [4.78, 5) is 24.7. The van der Waals surface area contributed by atoms with Crippen molar-refractivity contribution in [2.45, 2.75) is 0 Å². The van der Waals surface area contributed by atoms with Gasteiger partial charge >= 0.3 is 11.4 Å². The first-order valence-corrected chi connectivity index (χ1v) is 6.31. The second-order valence-corrected chi connectivity index (χ2v) is 4.81. The third-order valence-electron chi connectivity index (χ3n) is 3.46. The van der Waals surface area contributed by atoms with Crippen molar-refractivity contribution in [3.8, 4) is 0 Å². The first-order chi connectivity index (χ1) is 9.93. The zero-order chi connectivity index (χ0) is 15.6. The quantitative estimate of drug-likeness (QED) is 0.467. The maximum atomic E-state index is 11.3. The number of piperazine rings is 1. The summed E-state index contributed by atoms with van der Waals surface area (Å²) in [5.41, 5.74) is 1.73. The number of likely N-dealkylation sites (N-methyl/N-ethyl adjacent to an activating group) is 1. The summed E-state index contributed by atoms with van der Waals surface area (Å²) in [6.07, 6.45) is 0. The van der Waals surface area contributed by atoms with Gasteiger partial charge < -0.3 is 15.2 Å². The van der Waals surface area contributed by atoms with Crippen molar-refractivity contribution in [3.05, 3.63) is 32.4 Å². The Hall–Kier alpha value is -2.46. The van der Waals surface area contributed by atoms with Crippen LogP contribution in [0.5, 0.6) is 0 Å².